The van der Waals surface area contributed by atoms with E-state index >= 15 is 0 Å². The Morgan fingerprint density at radius 2 is 2.38 bits per heavy atom. The molecule has 7 nitrogen and oxygen atoms in total. The Labute approximate surface area is 125 Å². The normalized spacial score (nSPS) is 19.8. The van der Waals surface area contributed by atoms with E-state index in [1.54, 1.807) is 0 Å². The second kappa shape index (κ2) is 6.57. The third-order valence-corrected chi connectivity index (χ3v) is 4.04. The first-order valence-electron chi connectivity index (χ1n) is 6.57. The van der Waals surface area contributed by atoms with Gasteiger partial charge in [-0.15, -0.1) is 0 Å². The zero-order chi connectivity index (χ0) is 15.4. The van der Waals surface area contributed by atoms with Crippen molar-refractivity contribution < 1.29 is 19.5 Å². The fraction of sp³-hybridized carbons (Fsp3) is 0.462. The number of carbonyl (C=O) groups excluding carboxylic acids is 2. The maximum absolute atomic E-state index is 12.3. The summed E-state index contributed by atoms with van der Waals surface area (Å²) in [7, 11) is 0. The van der Waals surface area contributed by atoms with E-state index in [1.807, 2.05) is 23.8 Å². The van der Waals surface area contributed by atoms with Crippen LogP contribution in [0, 0.1) is 0 Å². The Morgan fingerprint density at radius 1 is 1.62 bits per heavy atom. The van der Waals surface area contributed by atoms with Crippen LogP contribution in [0.3, 0.4) is 0 Å². The molecule has 114 valence electrons. The highest BCUT2D eigenvalue weighted by Crippen LogP contribution is 2.17. The van der Waals surface area contributed by atoms with Gasteiger partial charge in [-0.1, -0.05) is 0 Å². The summed E-state index contributed by atoms with van der Waals surface area (Å²) >= 11 is 1.53. The van der Waals surface area contributed by atoms with Gasteiger partial charge in [-0.25, -0.2) is 4.79 Å². The van der Waals surface area contributed by atoms with E-state index in [2.05, 4.69) is 10.6 Å². The van der Waals surface area contributed by atoms with E-state index in [4.69, 9.17) is 5.11 Å². The van der Waals surface area contributed by atoms with Crippen LogP contribution in [0.1, 0.15) is 24.9 Å². The van der Waals surface area contributed by atoms with Crippen LogP contribution >= 0.6 is 11.3 Å². The molecule has 0 spiro atoms. The van der Waals surface area contributed by atoms with Crippen molar-refractivity contribution in [3.63, 3.8) is 0 Å². The summed E-state index contributed by atoms with van der Waals surface area (Å²) < 4.78 is 0. The molecule has 2 atom stereocenters. The summed E-state index contributed by atoms with van der Waals surface area (Å²) in [5.41, 5.74) is 0.976. The highest BCUT2D eigenvalue weighted by Gasteiger charge is 2.35. The van der Waals surface area contributed by atoms with Crippen LogP contribution in [0.2, 0.25) is 0 Å². The fourth-order valence-corrected chi connectivity index (χ4v) is 2.95. The molecule has 8 heteroatoms. The van der Waals surface area contributed by atoms with E-state index in [1.165, 1.54) is 16.2 Å². The molecular weight excluding hydrogens is 294 g/mol. The molecule has 1 saturated heterocycles. The summed E-state index contributed by atoms with van der Waals surface area (Å²) in [6, 6.07) is 0.327. The van der Waals surface area contributed by atoms with Gasteiger partial charge in [-0.2, -0.15) is 11.3 Å². The van der Waals surface area contributed by atoms with Crippen molar-refractivity contribution in [1.82, 2.24) is 15.5 Å². The zero-order valence-electron chi connectivity index (χ0n) is 11.5. The lowest BCUT2D eigenvalue weighted by atomic mass is 10.1. The highest BCUT2D eigenvalue weighted by atomic mass is 32.1. The molecule has 0 bridgehead atoms. The first-order valence-corrected chi connectivity index (χ1v) is 7.52. The van der Waals surface area contributed by atoms with Gasteiger partial charge in [0.05, 0.1) is 12.5 Å². The first-order chi connectivity index (χ1) is 9.99. The van der Waals surface area contributed by atoms with Crippen LogP contribution in [0.4, 0.5) is 4.79 Å². The molecule has 0 saturated carbocycles. The standard InChI is InChI=1S/C13H17N3O4S/c1-8(9-2-5-21-7-9)15-13(20)16-4-3-14-12(19)10(16)6-11(17)18/h2,5,7-8,10H,3-4,6H2,1H3,(H,14,19)(H,15,20)(H,17,18). The zero-order valence-corrected chi connectivity index (χ0v) is 12.4. The number of nitrogens with one attached hydrogen (secondary N) is 2. The van der Waals surface area contributed by atoms with Crippen molar-refractivity contribution >= 4 is 29.2 Å². The number of carboxylic acids is 1. The number of hydrogen-bond donors (Lipinski definition) is 3. The van der Waals surface area contributed by atoms with Gasteiger partial charge in [0.25, 0.3) is 0 Å². The molecule has 1 aliphatic rings. The Balaban J connectivity index is 2.04. The number of carboxylic acid groups (broad SMARTS) is 1. The van der Waals surface area contributed by atoms with Gasteiger partial charge >= 0.3 is 12.0 Å². The quantitative estimate of drug-likeness (QED) is 0.765. The average molecular weight is 311 g/mol. The number of urea groups is 1. The molecule has 1 aliphatic heterocycles. The third-order valence-electron chi connectivity index (χ3n) is 3.34. The first kappa shape index (κ1) is 15.3. The maximum Gasteiger partial charge on any atom is 0.318 e. The molecule has 1 aromatic rings. The highest BCUT2D eigenvalue weighted by molar-refractivity contribution is 7.07. The Kier molecular flexibility index (Phi) is 4.79. The van der Waals surface area contributed by atoms with Crippen LogP contribution in [0.15, 0.2) is 16.8 Å². The Hall–Kier alpha value is -2.09. The molecule has 1 fully saturated rings. The van der Waals surface area contributed by atoms with Crippen molar-refractivity contribution in [1.29, 1.82) is 0 Å². The third kappa shape index (κ3) is 3.72. The van der Waals surface area contributed by atoms with Crippen LogP contribution < -0.4 is 10.6 Å². The molecule has 0 aromatic carbocycles. The number of carbonyl (C=O) groups is 3. The van der Waals surface area contributed by atoms with Crippen LogP contribution in [-0.4, -0.2) is 47.0 Å². The number of thiophene rings is 1. The molecule has 21 heavy (non-hydrogen) atoms. The molecule has 3 amide bonds. The summed E-state index contributed by atoms with van der Waals surface area (Å²) in [6.45, 7) is 2.47. The lowest BCUT2D eigenvalue weighted by Crippen LogP contribution is -2.60. The second-order valence-electron chi connectivity index (χ2n) is 4.83. The fourth-order valence-electron chi connectivity index (χ4n) is 2.20. The predicted octanol–water partition coefficient (Wildman–Crippen LogP) is 0.794. The minimum absolute atomic E-state index is 0.195. The summed E-state index contributed by atoms with van der Waals surface area (Å²) in [4.78, 5) is 36.2. The van der Waals surface area contributed by atoms with Crippen LogP contribution in [0.25, 0.3) is 0 Å². The average Bonchev–Trinajstić information content (AvgIpc) is 2.94. The number of rotatable bonds is 4. The number of nitrogens with zero attached hydrogens (tertiary/aromatic N) is 1. The van der Waals surface area contributed by atoms with Gasteiger partial charge < -0.3 is 20.6 Å². The van der Waals surface area contributed by atoms with E-state index in [9.17, 15) is 14.4 Å². The van der Waals surface area contributed by atoms with Gasteiger partial charge in [0, 0.05) is 13.1 Å². The number of aliphatic carboxylic acids is 1. The molecule has 3 N–H and O–H groups in total. The molecule has 2 heterocycles. The van der Waals surface area contributed by atoms with Crippen LogP contribution in [-0.2, 0) is 9.59 Å². The molecule has 2 unspecified atom stereocenters. The Bertz CT molecular complexity index is 532. The lowest BCUT2D eigenvalue weighted by molar-refractivity contribution is -0.142. The van der Waals surface area contributed by atoms with E-state index in [-0.39, 0.29) is 6.04 Å². The van der Waals surface area contributed by atoms with Crippen molar-refractivity contribution in [2.45, 2.75) is 25.4 Å². The van der Waals surface area contributed by atoms with E-state index < -0.39 is 30.4 Å². The SMILES string of the molecule is CC(NC(=O)N1CCNC(=O)C1CC(=O)O)c1ccsc1. The maximum atomic E-state index is 12.3. The number of piperazine rings is 1. The summed E-state index contributed by atoms with van der Waals surface area (Å²) in [5.74, 6) is -1.54. The molecule has 0 aliphatic carbocycles. The summed E-state index contributed by atoms with van der Waals surface area (Å²) in [6.07, 6.45) is -0.397. The molecule has 0 radical (unpaired) electrons. The number of amides is 3. The minimum Gasteiger partial charge on any atom is -0.481 e. The molecule has 1 aromatic heterocycles. The smallest absolute Gasteiger partial charge is 0.318 e. The van der Waals surface area contributed by atoms with Gasteiger partial charge in [0.15, 0.2) is 0 Å². The lowest BCUT2D eigenvalue weighted by Gasteiger charge is -2.34. The van der Waals surface area contributed by atoms with Crippen molar-refractivity contribution in [3.05, 3.63) is 22.4 Å². The topological polar surface area (TPSA) is 98.7 Å². The van der Waals surface area contributed by atoms with Gasteiger partial charge in [-0.3, -0.25) is 9.59 Å². The van der Waals surface area contributed by atoms with Crippen LogP contribution in [0.5, 0.6) is 0 Å². The Morgan fingerprint density at radius 3 is 3.00 bits per heavy atom. The van der Waals surface area contributed by atoms with Gasteiger partial charge in [0.1, 0.15) is 6.04 Å². The van der Waals surface area contributed by atoms with Crippen molar-refractivity contribution in [2.75, 3.05) is 13.1 Å². The van der Waals surface area contributed by atoms with E-state index in [0.717, 1.165) is 5.56 Å². The summed E-state index contributed by atoms with van der Waals surface area (Å²) in [5, 5.41) is 18.1. The predicted molar refractivity (Wildman–Crippen MR) is 77.0 cm³/mol. The monoisotopic (exact) mass is 311 g/mol. The number of hydrogen-bond acceptors (Lipinski definition) is 4. The minimum atomic E-state index is -1.11. The largest absolute Gasteiger partial charge is 0.481 e. The van der Waals surface area contributed by atoms with Crippen molar-refractivity contribution in [2.24, 2.45) is 0 Å². The van der Waals surface area contributed by atoms with Gasteiger partial charge in [-0.05, 0) is 29.3 Å². The molecular formula is C13H17N3O4S. The second-order valence-corrected chi connectivity index (χ2v) is 5.61. The van der Waals surface area contributed by atoms with E-state index in [0.29, 0.717) is 13.1 Å². The van der Waals surface area contributed by atoms with Crippen molar-refractivity contribution in [3.8, 4) is 0 Å². The molecule has 2 rings (SSSR count). The van der Waals surface area contributed by atoms with Gasteiger partial charge in [0.2, 0.25) is 5.91 Å².